The first-order valence-electron chi connectivity index (χ1n) is 12.2. The van der Waals surface area contributed by atoms with Crippen LogP contribution in [-0.4, -0.2) is 48.1 Å². The maximum atomic E-state index is 13.4. The zero-order chi connectivity index (χ0) is 24.4. The van der Waals surface area contributed by atoms with Crippen molar-refractivity contribution in [3.05, 3.63) is 53.6 Å². The van der Waals surface area contributed by atoms with Crippen LogP contribution in [0.1, 0.15) is 43.7 Å². The molecule has 184 valence electrons. The number of imidazole rings is 1. The summed E-state index contributed by atoms with van der Waals surface area (Å²) in [4.78, 5) is 5.17. The first kappa shape index (κ1) is 24.3. The third-order valence-corrected chi connectivity index (χ3v) is 9.69. The van der Waals surface area contributed by atoms with Crippen LogP contribution in [-0.2, 0) is 27.1 Å². The highest BCUT2D eigenvalue weighted by molar-refractivity contribution is 7.98. The number of nitrogens with zero attached hydrogens (tertiary/aromatic N) is 4. The van der Waals surface area contributed by atoms with E-state index >= 15 is 0 Å². The summed E-state index contributed by atoms with van der Waals surface area (Å²) in [7, 11) is -3.55. The average molecular weight is 511 g/mol. The molecule has 0 spiro atoms. The molecular weight excluding hydrogens is 480 g/mol. The van der Waals surface area contributed by atoms with Crippen LogP contribution in [0.25, 0.3) is 11.0 Å². The molecule has 9 heteroatoms. The molecule has 0 N–H and O–H groups in total. The molecule has 0 amide bonds. The summed E-state index contributed by atoms with van der Waals surface area (Å²) in [5.41, 5.74) is 3.28. The first-order chi connectivity index (χ1) is 16.9. The highest BCUT2D eigenvalue weighted by Crippen LogP contribution is 2.31. The zero-order valence-corrected chi connectivity index (χ0v) is 21.5. The zero-order valence-electron chi connectivity index (χ0n) is 19.9. The Labute approximate surface area is 211 Å². The number of piperidine rings is 1. The van der Waals surface area contributed by atoms with Gasteiger partial charge in [0.25, 0.3) is 0 Å². The van der Waals surface area contributed by atoms with Crippen molar-refractivity contribution in [1.29, 1.82) is 5.26 Å². The third kappa shape index (κ3) is 5.26. The van der Waals surface area contributed by atoms with Gasteiger partial charge in [-0.1, -0.05) is 30.8 Å². The van der Waals surface area contributed by atoms with Gasteiger partial charge in [-0.3, -0.25) is 0 Å². The number of nitriles is 1. The third-order valence-electron chi connectivity index (χ3n) is 6.78. The van der Waals surface area contributed by atoms with Crippen LogP contribution >= 0.6 is 11.8 Å². The van der Waals surface area contributed by atoms with Crippen molar-refractivity contribution in [2.24, 2.45) is 5.92 Å². The number of sulfonamides is 1. The fourth-order valence-corrected chi connectivity index (χ4v) is 7.50. The van der Waals surface area contributed by atoms with Crippen molar-refractivity contribution >= 4 is 32.8 Å². The lowest BCUT2D eigenvalue weighted by Crippen LogP contribution is -2.39. The van der Waals surface area contributed by atoms with Gasteiger partial charge in [0.05, 0.1) is 40.2 Å². The lowest BCUT2D eigenvalue weighted by molar-refractivity contribution is 0.0960. The maximum absolute atomic E-state index is 13.4. The Hall–Kier alpha value is -2.38. The molecule has 2 saturated heterocycles. The first-order valence-corrected chi connectivity index (χ1v) is 14.6. The molecule has 7 nitrogen and oxygen atoms in total. The van der Waals surface area contributed by atoms with E-state index in [2.05, 4.69) is 17.6 Å². The molecule has 5 rings (SSSR count). The second-order valence-electron chi connectivity index (χ2n) is 9.50. The van der Waals surface area contributed by atoms with Crippen LogP contribution in [0, 0.1) is 17.2 Å². The average Bonchev–Trinajstić information content (AvgIpc) is 3.51. The molecule has 2 atom stereocenters. The molecule has 0 radical (unpaired) electrons. The van der Waals surface area contributed by atoms with Gasteiger partial charge < -0.3 is 9.30 Å². The lowest BCUT2D eigenvalue weighted by Gasteiger charge is -2.30. The minimum atomic E-state index is -3.55. The summed E-state index contributed by atoms with van der Waals surface area (Å²) in [6.45, 7) is 4.70. The number of hydrogen-bond donors (Lipinski definition) is 0. The second-order valence-corrected chi connectivity index (χ2v) is 12.4. The Bertz CT molecular complexity index is 1360. The monoisotopic (exact) mass is 510 g/mol. The van der Waals surface area contributed by atoms with E-state index in [0.29, 0.717) is 47.3 Å². The SMILES string of the molecule is CC1CCCN(S(=O)(=O)c2ccc3c(c2)nc(SCc2cccc(C#N)c2)n3CC2CCCO2)C1. The van der Waals surface area contributed by atoms with Crippen LogP contribution in [0.4, 0.5) is 0 Å². The van der Waals surface area contributed by atoms with Gasteiger partial charge in [0.2, 0.25) is 10.0 Å². The molecule has 0 bridgehead atoms. The topological polar surface area (TPSA) is 88.2 Å². The summed E-state index contributed by atoms with van der Waals surface area (Å²) in [5.74, 6) is 1.04. The number of fused-ring (bicyclic) bond motifs is 1. The quantitative estimate of drug-likeness (QED) is 0.424. The summed E-state index contributed by atoms with van der Waals surface area (Å²) in [6.07, 6.45) is 4.15. The lowest BCUT2D eigenvalue weighted by atomic mass is 10.0. The minimum Gasteiger partial charge on any atom is -0.376 e. The fraction of sp³-hybridized carbons (Fsp3) is 0.462. The van der Waals surface area contributed by atoms with Crippen LogP contribution in [0.15, 0.2) is 52.5 Å². The summed E-state index contributed by atoms with van der Waals surface area (Å²) in [6, 6.07) is 15.1. The van der Waals surface area contributed by atoms with Crippen molar-refractivity contribution in [2.75, 3.05) is 19.7 Å². The van der Waals surface area contributed by atoms with Gasteiger partial charge in [0.1, 0.15) is 0 Å². The number of aromatic nitrogens is 2. The smallest absolute Gasteiger partial charge is 0.243 e. The van der Waals surface area contributed by atoms with Gasteiger partial charge in [0, 0.05) is 25.4 Å². The molecule has 35 heavy (non-hydrogen) atoms. The summed E-state index contributed by atoms with van der Waals surface area (Å²) < 4.78 is 36.4. The van der Waals surface area contributed by atoms with E-state index in [4.69, 9.17) is 9.72 Å². The predicted octanol–water partition coefficient (Wildman–Crippen LogP) is 4.80. The van der Waals surface area contributed by atoms with Crippen LogP contribution in [0.2, 0.25) is 0 Å². The largest absolute Gasteiger partial charge is 0.376 e. The van der Waals surface area contributed by atoms with E-state index in [0.717, 1.165) is 48.5 Å². The highest BCUT2D eigenvalue weighted by Gasteiger charge is 2.29. The molecule has 2 fully saturated rings. The van der Waals surface area contributed by atoms with Crippen LogP contribution < -0.4 is 0 Å². The number of hydrogen-bond acceptors (Lipinski definition) is 6. The van der Waals surface area contributed by atoms with Gasteiger partial charge in [-0.2, -0.15) is 9.57 Å². The molecule has 2 aliphatic rings. The van der Waals surface area contributed by atoms with Crippen molar-refractivity contribution < 1.29 is 13.2 Å². The van der Waals surface area contributed by atoms with Gasteiger partial charge in [-0.25, -0.2) is 13.4 Å². The summed E-state index contributed by atoms with van der Waals surface area (Å²) >= 11 is 1.60. The number of rotatable bonds is 7. The van der Waals surface area contributed by atoms with Crippen molar-refractivity contribution in [3.8, 4) is 6.07 Å². The molecule has 1 aromatic heterocycles. The minimum absolute atomic E-state index is 0.131. The molecular formula is C26H30N4O3S2. The van der Waals surface area contributed by atoms with E-state index in [-0.39, 0.29) is 6.10 Å². The Kier molecular flexibility index (Phi) is 7.17. The Morgan fingerprint density at radius 3 is 2.86 bits per heavy atom. The number of thioether (sulfide) groups is 1. The molecule has 2 aliphatic heterocycles. The van der Waals surface area contributed by atoms with Crippen LogP contribution in [0.5, 0.6) is 0 Å². The molecule has 3 aromatic rings. The Morgan fingerprint density at radius 2 is 2.09 bits per heavy atom. The van der Waals surface area contributed by atoms with Gasteiger partial charge in [0.15, 0.2) is 5.16 Å². The van der Waals surface area contributed by atoms with E-state index in [1.807, 2.05) is 24.3 Å². The van der Waals surface area contributed by atoms with Gasteiger partial charge in [-0.05, 0) is 67.5 Å². The normalized spacial score (nSPS) is 21.4. The Morgan fingerprint density at radius 1 is 1.20 bits per heavy atom. The second kappa shape index (κ2) is 10.3. The standard InChI is InChI=1S/C26H30N4O3S2/c1-19-5-3-11-29(16-19)35(31,32)23-9-10-25-24(14-23)28-26(30(25)17-22-8-4-12-33-22)34-18-21-7-2-6-20(13-21)15-27/h2,6-7,9-10,13-14,19,22H,3-5,8,11-12,16-18H2,1H3. The fourth-order valence-electron chi connectivity index (χ4n) is 4.92. The van der Waals surface area contributed by atoms with Crippen LogP contribution in [0.3, 0.4) is 0 Å². The van der Waals surface area contributed by atoms with E-state index in [1.54, 1.807) is 34.3 Å². The molecule has 3 heterocycles. The molecule has 2 unspecified atom stereocenters. The molecule has 2 aromatic carbocycles. The van der Waals surface area contributed by atoms with Gasteiger partial charge in [-0.15, -0.1) is 0 Å². The number of ether oxygens (including phenoxy) is 1. The van der Waals surface area contributed by atoms with E-state index in [9.17, 15) is 13.7 Å². The van der Waals surface area contributed by atoms with E-state index in [1.165, 1.54) is 0 Å². The van der Waals surface area contributed by atoms with Crippen molar-refractivity contribution in [1.82, 2.24) is 13.9 Å². The molecule has 0 aliphatic carbocycles. The van der Waals surface area contributed by atoms with Crippen molar-refractivity contribution in [2.45, 2.75) is 61.1 Å². The van der Waals surface area contributed by atoms with Gasteiger partial charge >= 0.3 is 0 Å². The molecule has 0 saturated carbocycles. The maximum Gasteiger partial charge on any atom is 0.243 e. The number of benzene rings is 2. The predicted molar refractivity (Wildman–Crippen MR) is 137 cm³/mol. The van der Waals surface area contributed by atoms with Crippen molar-refractivity contribution in [3.63, 3.8) is 0 Å². The Balaban J connectivity index is 1.47. The van der Waals surface area contributed by atoms with E-state index < -0.39 is 10.0 Å². The highest BCUT2D eigenvalue weighted by atomic mass is 32.2. The summed E-state index contributed by atoms with van der Waals surface area (Å²) in [5, 5.41) is 10.0.